The van der Waals surface area contributed by atoms with Gasteiger partial charge in [-0.25, -0.2) is 0 Å². The molecule has 1 heterocycles. The Hall–Kier alpha value is -2.98. The van der Waals surface area contributed by atoms with Crippen molar-refractivity contribution in [1.29, 1.82) is 0 Å². The topological polar surface area (TPSA) is 170 Å². The lowest BCUT2D eigenvalue weighted by Crippen LogP contribution is -2.60. The average Bonchev–Trinajstić information content (AvgIpc) is 3.15. The molecule has 1 amide bonds. The number of nitrogens with zero attached hydrogens (tertiary/aromatic N) is 1. The molecule has 4 atom stereocenters. The van der Waals surface area contributed by atoms with Gasteiger partial charge in [0.2, 0.25) is 5.91 Å². The molecule has 0 aliphatic carbocycles. The van der Waals surface area contributed by atoms with Gasteiger partial charge in [-0.3, -0.25) is 19.2 Å². The Morgan fingerprint density at radius 2 is 1.67 bits per heavy atom. The predicted molar refractivity (Wildman–Crippen MR) is 108 cm³/mol. The summed E-state index contributed by atoms with van der Waals surface area (Å²) in [4.78, 5) is 73.1. The molecule has 4 unspecified atom stereocenters. The molecule has 11 nitrogen and oxygen atoms in total. The summed E-state index contributed by atoms with van der Waals surface area (Å²) in [7, 11) is 0. The van der Waals surface area contributed by atoms with Gasteiger partial charge in [-0.2, -0.15) is 0 Å². The number of esters is 2. The molecule has 11 heteroatoms. The molecular weight excluding hydrogens is 438 g/mol. The predicted octanol–water partition coefficient (Wildman–Crippen LogP) is -1.40. The third-order valence-electron chi connectivity index (χ3n) is 6.09. The molecule has 0 saturated carbocycles. The van der Waals surface area contributed by atoms with E-state index in [4.69, 9.17) is 9.47 Å². The van der Waals surface area contributed by atoms with Crippen LogP contribution >= 0.6 is 0 Å². The molecule has 0 aromatic heterocycles. The molecular formula is C22H31NO10-2. The number of aliphatic carboxylic acids is 2. The molecule has 0 aromatic rings. The minimum atomic E-state index is -1.85. The van der Waals surface area contributed by atoms with E-state index in [0.717, 1.165) is 0 Å². The van der Waals surface area contributed by atoms with Crippen molar-refractivity contribution >= 4 is 35.6 Å². The molecule has 33 heavy (non-hydrogen) atoms. The summed E-state index contributed by atoms with van der Waals surface area (Å²) in [5, 5.41) is 24.3. The van der Waals surface area contributed by atoms with Crippen molar-refractivity contribution in [3.8, 4) is 0 Å². The number of amides is 1. The molecule has 0 bridgehead atoms. The molecule has 0 aromatic carbocycles. The van der Waals surface area contributed by atoms with Gasteiger partial charge in [0.1, 0.15) is 25.4 Å². The van der Waals surface area contributed by atoms with E-state index in [2.05, 4.69) is 0 Å². The van der Waals surface area contributed by atoms with Crippen LogP contribution in [0, 0.1) is 17.3 Å². The van der Waals surface area contributed by atoms with Crippen molar-refractivity contribution in [3.63, 3.8) is 0 Å². The van der Waals surface area contributed by atoms with Gasteiger partial charge in [0.15, 0.2) is 0 Å². The van der Waals surface area contributed by atoms with Crippen molar-refractivity contribution in [2.75, 3.05) is 19.8 Å². The van der Waals surface area contributed by atoms with Crippen LogP contribution in [0.2, 0.25) is 0 Å². The lowest BCUT2D eigenvalue weighted by molar-refractivity contribution is -0.332. The first-order valence-corrected chi connectivity index (χ1v) is 10.9. The Bertz CT molecular complexity index is 779. The van der Waals surface area contributed by atoms with Gasteiger partial charge in [-0.15, -0.1) is 0 Å². The van der Waals surface area contributed by atoms with E-state index in [1.807, 2.05) is 0 Å². The molecule has 1 rings (SSSR count). The van der Waals surface area contributed by atoms with E-state index in [0.29, 0.717) is 6.42 Å². The molecule has 0 N–H and O–H groups in total. The first kappa shape index (κ1) is 28.1. The quantitative estimate of drug-likeness (QED) is 0.167. The van der Waals surface area contributed by atoms with Crippen molar-refractivity contribution in [1.82, 2.24) is 4.90 Å². The minimum absolute atomic E-state index is 0.108. The number of carbonyl (C=O) groups is 6. The van der Waals surface area contributed by atoms with Crippen LogP contribution < -0.4 is 10.2 Å². The summed E-state index contributed by atoms with van der Waals surface area (Å²) >= 11 is 0. The van der Waals surface area contributed by atoms with Crippen LogP contribution in [0.25, 0.3) is 0 Å². The number of rotatable bonds is 14. The van der Waals surface area contributed by atoms with Crippen LogP contribution in [0.5, 0.6) is 0 Å². The molecule has 1 aliphatic heterocycles. The maximum atomic E-state index is 12.9. The van der Waals surface area contributed by atoms with Gasteiger partial charge in [-0.1, -0.05) is 13.8 Å². The highest BCUT2D eigenvalue weighted by molar-refractivity contribution is 5.94. The minimum Gasteiger partial charge on any atom is -0.550 e. The number of Topliss-reactive ketones (excluding diaryl/α,β-unsaturated/α-hetero) is 1. The van der Waals surface area contributed by atoms with Crippen molar-refractivity contribution in [2.24, 2.45) is 17.3 Å². The first-order chi connectivity index (χ1) is 15.4. The van der Waals surface area contributed by atoms with Crippen molar-refractivity contribution in [2.45, 2.75) is 65.8 Å². The number of carboxylic acids is 2. The van der Waals surface area contributed by atoms with Crippen LogP contribution in [0.3, 0.4) is 0 Å². The Morgan fingerprint density at radius 3 is 2.09 bits per heavy atom. The van der Waals surface area contributed by atoms with Gasteiger partial charge in [0, 0.05) is 42.8 Å². The Balaban J connectivity index is 3.11. The maximum Gasteiger partial charge on any atom is 0.313 e. The molecule has 1 saturated heterocycles. The number of ketones is 1. The smallest absolute Gasteiger partial charge is 0.313 e. The standard InChI is InChI=1S/C22H33NO10/c1-5-14(23-9-7-8-15(23)25)17(19(27)28)18(20(29)30)22(4,6-2)21(31)33-11-10-32-16(26)12-13(3)24/h14,17-18H,5-12H2,1-4H3,(H,27,28)(H,29,30)/p-2. The zero-order valence-electron chi connectivity index (χ0n) is 19.4. The molecule has 186 valence electrons. The number of carboxylic acid groups (broad SMARTS) is 2. The van der Waals surface area contributed by atoms with E-state index < -0.39 is 66.0 Å². The van der Waals surface area contributed by atoms with Crippen molar-refractivity contribution < 1.29 is 48.5 Å². The van der Waals surface area contributed by atoms with Gasteiger partial charge < -0.3 is 34.2 Å². The number of likely N-dealkylation sites (tertiary alicyclic amines) is 1. The SMILES string of the molecule is CCC(C(C(=O)[O-])C(C(=O)[O-])C(C)(CC)C(=O)OCCOC(=O)CC(C)=O)N1CCCC1=O. The fraction of sp³-hybridized carbons (Fsp3) is 0.727. The summed E-state index contributed by atoms with van der Waals surface area (Å²) in [5.41, 5.74) is -1.83. The Morgan fingerprint density at radius 1 is 1.06 bits per heavy atom. The van der Waals surface area contributed by atoms with E-state index in [1.54, 1.807) is 6.92 Å². The van der Waals surface area contributed by atoms with E-state index in [-0.39, 0.29) is 38.3 Å². The zero-order valence-corrected chi connectivity index (χ0v) is 19.4. The van der Waals surface area contributed by atoms with Gasteiger partial charge in [0.05, 0.1) is 5.41 Å². The third kappa shape index (κ3) is 7.00. The maximum absolute atomic E-state index is 12.9. The average molecular weight is 469 g/mol. The van der Waals surface area contributed by atoms with E-state index in [1.165, 1.54) is 25.7 Å². The van der Waals surface area contributed by atoms with Gasteiger partial charge in [0.25, 0.3) is 0 Å². The lowest BCUT2D eigenvalue weighted by Gasteiger charge is -2.45. The summed E-state index contributed by atoms with van der Waals surface area (Å²) in [6.45, 7) is 5.08. The summed E-state index contributed by atoms with van der Waals surface area (Å²) in [6.07, 6.45) is 0.328. The number of ether oxygens (including phenoxy) is 2. The number of hydrogen-bond donors (Lipinski definition) is 0. The second-order valence-corrected chi connectivity index (χ2v) is 8.31. The normalized spacial score (nSPS) is 18.1. The number of carbonyl (C=O) groups excluding carboxylic acids is 6. The first-order valence-electron chi connectivity index (χ1n) is 10.9. The number of hydrogen-bond acceptors (Lipinski definition) is 10. The lowest BCUT2D eigenvalue weighted by atomic mass is 9.66. The summed E-state index contributed by atoms with van der Waals surface area (Å²) in [5.74, 6) is -9.56. The van der Waals surface area contributed by atoms with E-state index in [9.17, 15) is 39.0 Å². The highest BCUT2D eigenvalue weighted by atomic mass is 16.6. The zero-order chi connectivity index (χ0) is 25.3. The van der Waals surface area contributed by atoms with Crippen molar-refractivity contribution in [3.05, 3.63) is 0 Å². The second kappa shape index (κ2) is 12.3. The Labute approximate surface area is 192 Å². The van der Waals surface area contributed by atoms with Crippen LogP contribution in [0.1, 0.15) is 59.8 Å². The van der Waals surface area contributed by atoms with E-state index >= 15 is 0 Å². The molecule has 0 radical (unpaired) electrons. The molecule has 1 fully saturated rings. The summed E-state index contributed by atoms with van der Waals surface area (Å²) in [6, 6.07) is -1.00. The highest BCUT2D eigenvalue weighted by Crippen LogP contribution is 2.41. The second-order valence-electron chi connectivity index (χ2n) is 8.31. The highest BCUT2D eigenvalue weighted by Gasteiger charge is 2.50. The fourth-order valence-corrected chi connectivity index (χ4v) is 4.21. The molecule has 0 spiro atoms. The fourth-order valence-electron chi connectivity index (χ4n) is 4.21. The largest absolute Gasteiger partial charge is 0.550 e. The van der Waals surface area contributed by atoms with Crippen LogP contribution in [0.15, 0.2) is 0 Å². The third-order valence-corrected chi connectivity index (χ3v) is 6.09. The van der Waals surface area contributed by atoms with Gasteiger partial charge >= 0.3 is 11.9 Å². The summed E-state index contributed by atoms with van der Waals surface area (Å²) < 4.78 is 9.85. The van der Waals surface area contributed by atoms with Crippen LogP contribution in [-0.2, 0) is 38.2 Å². The molecule has 1 aliphatic rings. The van der Waals surface area contributed by atoms with Gasteiger partial charge in [-0.05, 0) is 33.1 Å². The monoisotopic (exact) mass is 469 g/mol. The van der Waals surface area contributed by atoms with Crippen LogP contribution in [-0.4, -0.2) is 66.3 Å². The Kier molecular flexibility index (Phi) is 10.5. The van der Waals surface area contributed by atoms with Crippen LogP contribution in [0.4, 0.5) is 0 Å².